The third kappa shape index (κ3) is 3.73. The van der Waals surface area contributed by atoms with Crippen molar-refractivity contribution >= 4 is 28.3 Å². The topological polar surface area (TPSA) is 46.6 Å². The number of para-hydroxylation sites is 1. The number of benzene rings is 1. The molecular weight excluding hydrogens is 298 g/mol. The molecule has 1 aliphatic rings. The zero-order chi connectivity index (χ0) is 14.5. The summed E-state index contributed by atoms with van der Waals surface area (Å²) in [5, 5.41) is 0.499. The van der Waals surface area contributed by atoms with Crippen LogP contribution in [0, 0.1) is 0 Å². The van der Waals surface area contributed by atoms with Crippen LogP contribution >= 0.6 is 11.6 Å². The molecule has 1 atom stereocenters. The summed E-state index contributed by atoms with van der Waals surface area (Å²) < 4.78 is 17.1. The molecule has 110 valence electrons. The minimum Gasteiger partial charge on any atom is -0.479 e. The summed E-state index contributed by atoms with van der Waals surface area (Å²) in [6.45, 7) is 2.98. The molecule has 0 N–H and O–H groups in total. The summed E-state index contributed by atoms with van der Waals surface area (Å²) in [6.07, 6.45) is 0.0327. The van der Waals surface area contributed by atoms with Gasteiger partial charge in [-0.1, -0.05) is 30.7 Å². The molecule has 0 radical (unpaired) electrons. The first-order chi connectivity index (χ1) is 9.61. The van der Waals surface area contributed by atoms with E-state index in [1.807, 2.05) is 19.1 Å². The van der Waals surface area contributed by atoms with E-state index in [1.54, 1.807) is 17.0 Å². The number of carbonyl (C=O) groups is 1. The van der Waals surface area contributed by atoms with Crippen LogP contribution in [0.5, 0.6) is 5.75 Å². The van der Waals surface area contributed by atoms with Gasteiger partial charge in [0.05, 0.1) is 5.02 Å². The van der Waals surface area contributed by atoms with E-state index in [2.05, 4.69) is 0 Å². The lowest BCUT2D eigenvalue weighted by Crippen LogP contribution is -2.47. The van der Waals surface area contributed by atoms with E-state index in [4.69, 9.17) is 16.3 Å². The molecule has 0 aromatic heterocycles. The van der Waals surface area contributed by atoms with E-state index >= 15 is 0 Å². The molecule has 4 nitrogen and oxygen atoms in total. The maximum Gasteiger partial charge on any atom is 0.263 e. The maximum absolute atomic E-state index is 12.4. The van der Waals surface area contributed by atoms with Gasteiger partial charge in [-0.3, -0.25) is 9.00 Å². The number of hydrogen-bond acceptors (Lipinski definition) is 3. The Hall–Kier alpha value is -1.07. The van der Waals surface area contributed by atoms with Gasteiger partial charge in [0.1, 0.15) is 5.75 Å². The SMILES string of the molecule is CC[C@@H](Oc1ccccc1Cl)C(=O)N1CCS(=O)CC1. The molecule has 0 spiro atoms. The van der Waals surface area contributed by atoms with Crippen molar-refractivity contribution in [1.29, 1.82) is 0 Å². The van der Waals surface area contributed by atoms with Crippen molar-refractivity contribution in [2.45, 2.75) is 19.4 Å². The van der Waals surface area contributed by atoms with Crippen LogP contribution in [0.25, 0.3) is 0 Å². The summed E-state index contributed by atoms with van der Waals surface area (Å²) in [7, 11) is -0.790. The summed E-state index contributed by atoms with van der Waals surface area (Å²) >= 11 is 6.04. The molecule has 1 aromatic carbocycles. The number of rotatable bonds is 4. The van der Waals surface area contributed by atoms with Crippen LogP contribution in [0.2, 0.25) is 5.02 Å². The highest BCUT2D eigenvalue weighted by molar-refractivity contribution is 7.85. The lowest BCUT2D eigenvalue weighted by Gasteiger charge is -2.30. The van der Waals surface area contributed by atoms with Gasteiger partial charge < -0.3 is 9.64 Å². The van der Waals surface area contributed by atoms with Gasteiger partial charge in [-0.25, -0.2) is 0 Å². The molecule has 20 heavy (non-hydrogen) atoms. The first-order valence-corrected chi connectivity index (χ1v) is 8.53. The average molecular weight is 316 g/mol. The van der Waals surface area contributed by atoms with Gasteiger partial charge in [0, 0.05) is 35.4 Å². The number of ether oxygens (including phenoxy) is 1. The third-order valence-corrected chi connectivity index (χ3v) is 4.83. The van der Waals surface area contributed by atoms with Gasteiger partial charge in [0.15, 0.2) is 6.10 Å². The van der Waals surface area contributed by atoms with Crippen molar-refractivity contribution < 1.29 is 13.7 Å². The fourth-order valence-corrected chi connectivity index (χ4v) is 3.30. The lowest BCUT2D eigenvalue weighted by molar-refractivity contribution is -0.138. The standard InChI is InChI=1S/C14H18ClNO3S/c1-2-12(19-13-6-4-3-5-11(13)15)14(17)16-7-9-20(18)10-8-16/h3-6,12H,2,7-10H2,1H3/t12-/m1/s1. The maximum atomic E-state index is 12.4. The highest BCUT2D eigenvalue weighted by atomic mass is 35.5. The Labute approximate surface area is 126 Å². The molecule has 0 saturated carbocycles. The van der Waals surface area contributed by atoms with E-state index in [1.165, 1.54) is 0 Å². The molecule has 0 aliphatic carbocycles. The van der Waals surface area contributed by atoms with Crippen LogP contribution in [0.3, 0.4) is 0 Å². The smallest absolute Gasteiger partial charge is 0.263 e. The predicted molar refractivity (Wildman–Crippen MR) is 80.6 cm³/mol. The fourth-order valence-electron chi connectivity index (χ4n) is 2.06. The molecule has 1 heterocycles. The second-order valence-corrected chi connectivity index (χ2v) is 6.72. The Morgan fingerprint density at radius 3 is 2.65 bits per heavy atom. The van der Waals surface area contributed by atoms with Crippen LogP contribution in [-0.2, 0) is 15.6 Å². The fraction of sp³-hybridized carbons (Fsp3) is 0.500. The zero-order valence-corrected chi connectivity index (χ0v) is 13.0. The molecule has 1 fully saturated rings. The Kier molecular flexibility index (Phi) is 5.43. The van der Waals surface area contributed by atoms with Gasteiger partial charge in [-0.05, 0) is 18.6 Å². The van der Waals surface area contributed by atoms with Crippen LogP contribution in [0.15, 0.2) is 24.3 Å². The van der Waals surface area contributed by atoms with Crippen molar-refractivity contribution in [3.05, 3.63) is 29.3 Å². The van der Waals surface area contributed by atoms with E-state index in [0.717, 1.165) is 0 Å². The molecule has 0 unspecified atom stereocenters. The number of hydrogen-bond donors (Lipinski definition) is 0. The van der Waals surface area contributed by atoms with Gasteiger partial charge >= 0.3 is 0 Å². The molecular formula is C14H18ClNO3S. The van der Waals surface area contributed by atoms with E-state index in [0.29, 0.717) is 41.8 Å². The summed E-state index contributed by atoms with van der Waals surface area (Å²) in [5.74, 6) is 1.57. The Bertz CT molecular complexity index is 499. The largest absolute Gasteiger partial charge is 0.479 e. The first-order valence-electron chi connectivity index (χ1n) is 6.66. The van der Waals surface area contributed by atoms with Crippen molar-refractivity contribution in [2.75, 3.05) is 24.6 Å². The molecule has 1 aliphatic heterocycles. The van der Waals surface area contributed by atoms with Gasteiger partial charge in [0.25, 0.3) is 5.91 Å². The minimum atomic E-state index is -0.790. The summed E-state index contributed by atoms with van der Waals surface area (Å²) in [6, 6.07) is 7.13. The summed E-state index contributed by atoms with van der Waals surface area (Å²) in [4.78, 5) is 14.1. The summed E-state index contributed by atoms with van der Waals surface area (Å²) in [5.41, 5.74) is 0. The Balaban J connectivity index is 2.02. The molecule has 1 aromatic rings. The van der Waals surface area contributed by atoms with Crippen LogP contribution < -0.4 is 4.74 Å². The van der Waals surface area contributed by atoms with Crippen LogP contribution in [0.1, 0.15) is 13.3 Å². The van der Waals surface area contributed by atoms with E-state index in [-0.39, 0.29) is 5.91 Å². The van der Waals surface area contributed by atoms with Crippen molar-refractivity contribution in [1.82, 2.24) is 4.90 Å². The Morgan fingerprint density at radius 2 is 2.05 bits per heavy atom. The highest BCUT2D eigenvalue weighted by Crippen LogP contribution is 2.25. The van der Waals surface area contributed by atoms with Crippen LogP contribution in [0.4, 0.5) is 0 Å². The van der Waals surface area contributed by atoms with Gasteiger partial charge in [-0.15, -0.1) is 0 Å². The van der Waals surface area contributed by atoms with Gasteiger partial charge in [-0.2, -0.15) is 0 Å². The molecule has 0 bridgehead atoms. The molecule has 1 saturated heterocycles. The zero-order valence-electron chi connectivity index (χ0n) is 11.4. The predicted octanol–water partition coefficient (Wildman–Crippen LogP) is 2.09. The second kappa shape index (κ2) is 7.09. The number of nitrogens with zero attached hydrogens (tertiary/aromatic N) is 1. The van der Waals surface area contributed by atoms with Crippen LogP contribution in [-0.4, -0.2) is 45.7 Å². The molecule has 1 amide bonds. The van der Waals surface area contributed by atoms with E-state index < -0.39 is 16.9 Å². The monoisotopic (exact) mass is 315 g/mol. The molecule has 2 rings (SSSR count). The normalized spacial score (nSPS) is 17.8. The lowest BCUT2D eigenvalue weighted by atomic mass is 10.2. The number of carbonyl (C=O) groups excluding carboxylic acids is 1. The van der Waals surface area contributed by atoms with Crippen molar-refractivity contribution in [3.8, 4) is 5.75 Å². The third-order valence-electron chi connectivity index (χ3n) is 3.24. The van der Waals surface area contributed by atoms with Crippen molar-refractivity contribution in [2.24, 2.45) is 0 Å². The quantitative estimate of drug-likeness (QED) is 0.854. The second-order valence-electron chi connectivity index (χ2n) is 4.62. The van der Waals surface area contributed by atoms with Gasteiger partial charge in [0.2, 0.25) is 0 Å². The Morgan fingerprint density at radius 1 is 1.40 bits per heavy atom. The average Bonchev–Trinajstić information content (AvgIpc) is 2.46. The van der Waals surface area contributed by atoms with E-state index in [9.17, 15) is 9.00 Å². The molecule has 6 heteroatoms. The number of halogens is 1. The first kappa shape index (κ1) is 15.3. The highest BCUT2D eigenvalue weighted by Gasteiger charge is 2.27. The minimum absolute atomic E-state index is 0.0517. The van der Waals surface area contributed by atoms with Crippen molar-refractivity contribution in [3.63, 3.8) is 0 Å². The number of amides is 1.